The molecular weight excluding hydrogens is 334 g/mol. The standard InChI is InChI=1S/C24H31NO2/c1-17-8-6-7-9-22(17)27-20-12-10-19(11-13-20)21(26)14-18-15-23(2,3)25-24(4,5)16-18/h6-13,18,25H,14-16H2,1-5H3. The third-order valence-corrected chi connectivity index (χ3v) is 5.25. The van der Waals surface area contributed by atoms with Gasteiger partial charge in [-0.15, -0.1) is 0 Å². The zero-order chi connectivity index (χ0) is 19.7. The lowest BCUT2D eigenvalue weighted by Gasteiger charge is -2.46. The Bertz CT molecular complexity index is 789. The van der Waals surface area contributed by atoms with Gasteiger partial charge < -0.3 is 10.1 Å². The summed E-state index contributed by atoms with van der Waals surface area (Å²) in [6.07, 6.45) is 2.65. The summed E-state index contributed by atoms with van der Waals surface area (Å²) in [5, 5.41) is 3.68. The first-order valence-corrected chi connectivity index (χ1v) is 9.80. The van der Waals surface area contributed by atoms with Crippen LogP contribution >= 0.6 is 0 Å². The van der Waals surface area contributed by atoms with Crippen molar-refractivity contribution in [2.75, 3.05) is 0 Å². The average Bonchev–Trinajstić information content (AvgIpc) is 2.54. The molecule has 1 aliphatic rings. The maximum Gasteiger partial charge on any atom is 0.163 e. The van der Waals surface area contributed by atoms with Gasteiger partial charge in [-0.25, -0.2) is 0 Å². The van der Waals surface area contributed by atoms with E-state index in [1.54, 1.807) is 0 Å². The fourth-order valence-corrected chi connectivity index (χ4v) is 4.56. The first-order chi connectivity index (χ1) is 12.6. The lowest BCUT2D eigenvalue weighted by atomic mass is 9.74. The van der Waals surface area contributed by atoms with Crippen molar-refractivity contribution in [2.45, 2.75) is 65.0 Å². The molecule has 0 aliphatic carbocycles. The van der Waals surface area contributed by atoms with Gasteiger partial charge in [0.2, 0.25) is 0 Å². The van der Waals surface area contributed by atoms with Crippen LogP contribution in [0.15, 0.2) is 48.5 Å². The van der Waals surface area contributed by atoms with E-state index in [0.717, 1.165) is 35.5 Å². The zero-order valence-corrected chi connectivity index (χ0v) is 17.1. The molecule has 1 fully saturated rings. The van der Waals surface area contributed by atoms with Crippen molar-refractivity contribution in [1.29, 1.82) is 0 Å². The highest BCUT2D eigenvalue weighted by Gasteiger charge is 2.38. The highest BCUT2D eigenvalue weighted by atomic mass is 16.5. The summed E-state index contributed by atoms with van der Waals surface area (Å²) in [4.78, 5) is 12.8. The third kappa shape index (κ3) is 5.20. The first-order valence-electron chi connectivity index (χ1n) is 9.80. The van der Waals surface area contributed by atoms with E-state index < -0.39 is 0 Å². The molecule has 3 heteroatoms. The lowest BCUT2D eigenvalue weighted by Crippen LogP contribution is -2.57. The van der Waals surface area contributed by atoms with E-state index in [0.29, 0.717) is 12.3 Å². The Balaban J connectivity index is 1.65. The topological polar surface area (TPSA) is 38.3 Å². The van der Waals surface area contributed by atoms with Crippen LogP contribution in [0.5, 0.6) is 11.5 Å². The van der Waals surface area contributed by atoms with Crippen molar-refractivity contribution in [3.8, 4) is 11.5 Å². The van der Waals surface area contributed by atoms with Gasteiger partial charge >= 0.3 is 0 Å². The van der Waals surface area contributed by atoms with Gasteiger partial charge in [0.1, 0.15) is 11.5 Å². The fraction of sp³-hybridized carbons (Fsp3) is 0.458. The van der Waals surface area contributed by atoms with Crippen molar-refractivity contribution in [3.05, 3.63) is 59.7 Å². The van der Waals surface area contributed by atoms with Gasteiger partial charge in [0.05, 0.1) is 0 Å². The number of benzene rings is 2. The second kappa shape index (κ2) is 7.47. The SMILES string of the molecule is Cc1ccccc1Oc1ccc(C(=O)CC2CC(C)(C)NC(C)(C)C2)cc1. The Labute approximate surface area is 163 Å². The molecule has 0 unspecified atom stereocenters. The summed E-state index contributed by atoms with van der Waals surface area (Å²) >= 11 is 0. The van der Waals surface area contributed by atoms with Crippen LogP contribution in [0.4, 0.5) is 0 Å². The van der Waals surface area contributed by atoms with Crippen LogP contribution < -0.4 is 10.1 Å². The minimum atomic E-state index is 0.0674. The van der Waals surface area contributed by atoms with Gasteiger partial charge in [0, 0.05) is 23.1 Å². The van der Waals surface area contributed by atoms with E-state index in [1.165, 1.54) is 0 Å². The largest absolute Gasteiger partial charge is 0.457 e. The molecule has 1 saturated heterocycles. The van der Waals surface area contributed by atoms with Crippen molar-refractivity contribution in [2.24, 2.45) is 5.92 Å². The number of carbonyl (C=O) groups excluding carboxylic acids is 1. The summed E-state index contributed by atoms with van der Waals surface area (Å²) in [7, 11) is 0. The molecule has 144 valence electrons. The molecule has 0 aromatic heterocycles. The van der Waals surface area contributed by atoms with Gasteiger partial charge in [-0.3, -0.25) is 4.79 Å². The van der Waals surface area contributed by atoms with E-state index in [-0.39, 0.29) is 16.9 Å². The lowest BCUT2D eigenvalue weighted by molar-refractivity contribution is 0.0864. The Hall–Kier alpha value is -2.13. The van der Waals surface area contributed by atoms with Gasteiger partial charge in [-0.05, 0) is 89.3 Å². The number of nitrogens with one attached hydrogen (secondary N) is 1. The number of hydrogen-bond acceptors (Lipinski definition) is 3. The van der Waals surface area contributed by atoms with Crippen LogP contribution in [0, 0.1) is 12.8 Å². The molecule has 0 amide bonds. The average molecular weight is 366 g/mol. The molecule has 1 N–H and O–H groups in total. The van der Waals surface area contributed by atoms with Crippen LogP contribution in [-0.4, -0.2) is 16.9 Å². The summed E-state index contributed by atoms with van der Waals surface area (Å²) in [6.45, 7) is 10.9. The predicted octanol–water partition coefficient (Wildman–Crippen LogP) is 5.92. The van der Waals surface area contributed by atoms with Crippen molar-refractivity contribution >= 4 is 5.78 Å². The van der Waals surface area contributed by atoms with Crippen molar-refractivity contribution < 1.29 is 9.53 Å². The second-order valence-corrected chi connectivity index (χ2v) is 9.19. The first kappa shape index (κ1) is 19.6. The normalized spacial score (nSPS) is 18.9. The molecule has 0 saturated carbocycles. The van der Waals surface area contributed by atoms with E-state index in [9.17, 15) is 4.79 Å². The maximum atomic E-state index is 12.8. The number of carbonyl (C=O) groups is 1. The van der Waals surface area contributed by atoms with Crippen LogP contribution in [0.2, 0.25) is 0 Å². The van der Waals surface area contributed by atoms with Crippen LogP contribution in [0.1, 0.15) is 62.9 Å². The molecule has 0 radical (unpaired) electrons. The molecular formula is C24H31NO2. The van der Waals surface area contributed by atoms with Gasteiger partial charge in [-0.2, -0.15) is 0 Å². The second-order valence-electron chi connectivity index (χ2n) is 9.19. The number of Topliss-reactive ketones (excluding diaryl/α,β-unsaturated/α-hetero) is 1. The van der Waals surface area contributed by atoms with Crippen LogP contribution in [0.3, 0.4) is 0 Å². The van der Waals surface area contributed by atoms with Gasteiger partial charge in [0.25, 0.3) is 0 Å². The monoisotopic (exact) mass is 365 g/mol. The zero-order valence-electron chi connectivity index (χ0n) is 17.1. The number of rotatable bonds is 5. The van der Waals surface area contributed by atoms with Gasteiger partial charge in [-0.1, -0.05) is 18.2 Å². The van der Waals surface area contributed by atoms with E-state index >= 15 is 0 Å². The summed E-state index contributed by atoms with van der Waals surface area (Å²) in [5.74, 6) is 2.23. The van der Waals surface area contributed by atoms with E-state index in [4.69, 9.17) is 4.74 Å². The minimum absolute atomic E-state index is 0.0674. The summed E-state index contributed by atoms with van der Waals surface area (Å²) < 4.78 is 5.93. The predicted molar refractivity (Wildman–Crippen MR) is 111 cm³/mol. The Kier molecular flexibility index (Phi) is 5.43. The van der Waals surface area contributed by atoms with E-state index in [1.807, 2.05) is 55.5 Å². The molecule has 0 spiro atoms. The number of hydrogen-bond donors (Lipinski definition) is 1. The Morgan fingerprint density at radius 1 is 1.00 bits per heavy atom. The highest BCUT2D eigenvalue weighted by molar-refractivity contribution is 5.96. The smallest absolute Gasteiger partial charge is 0.163 e. The van der Waals surface area contributed by atoms with E-state index in [2.05, 4.69) is 33.0 Å². The molecule has 2 aromatic rings. The quantitative estimate of drug-likeness (QED) is 0.669. The maximum absolute atomic E-state index is 12.8. The number of piperidine rings is 1. The molecule has 3 nitrogen and oxygen atoms in total. The number of ether oxygens (including phenoxy) is 1. The van der Waals surface area contributed by atoms with Gasteiger partial charge in [0.15, 0.2) is 5.78 Å². The number of para-hydroxylation sites is 1. The molecule has 3 rings (SSSR count). The molecule has 1 aliphatic heterocycles. The highest BCUT2D eigenvalue weighted by Crippen LogP contribution is 2.35. The summed E-state index contributed by atoms with van der Waals surface area (Å²) in [5.41, 5.74) is 1.99. The third-order valence-electron chi connectivity index (χ3n) is 5.25. The molecule has 0 atom stereocenters. The van der Waals surface area contributed by atoms with Crippen molar-refractivity contribution in [1.82, 2.24) is 5.32 Å². The Morgan fingerprint density at radius 3 is 2.19 bits per heavy atom. The molecule has 0 bridgehead atoms. The molecule has 1 heterocycles. The minimum Gasteiger partial charge on any atom is -0.457 e. The van der Waals surface area contributed by atoms with Crippen LogP contribution in [0.25, 0.3) is 0 Å². The number of aryl methyl sites for hydroxylation is 1. The number of ketones is 1. The molecule has 2 aromatic carbocycles. The summed E-state index contributed by atoms with van der Waals surface area (Å²) in [6, 6.07) is 15.5. The Morgan fingerprint density at radius 2 is 1.59 bits per heavy atom. The van der Waals surface area contributed by atoms with Crippen molar-refractivity contribution in [3.63, 3.8) is 0 Å². The molecule has 27 heavy (non-hydrogen) atoms. The van der Waals surface area contributed by atoms with Crippen LogP contribution in [-0.2, 0) is 0 Å². The fourth-order valence-electron chi connectivity index (χ4n) is 4.56.